The number of amides is 1. The van der Waals surface area contributed by atoms with Crippen LogP contribution in [0.1, 0.15) is 29.0 Å². The van der Waals surface area contributed by atoms with Gasteiger partial charge in [0.2, 0.25) is 0 Å². The van der Waals surface area contributed by atoms with Gasteiger partial charge in [0.1, 0.15) is 41.4 Å². The number of nitrogens with one attached hydrogen (secondary N) is 1. The monoisotopic (exact) mass is 535 g/mol. The van der Waals surface area contributed by atoms with Gasteiger partial charge in [-0.2, -0.15) is 5.10 Å². The number of aromatic nitrogens is 6. The highest BCUT2D eigenvalue weighted by atomic mass is 28.3. The molecule has 0 aliphatic heterocycles. The fourth-order valence-corrected chi connectivity index (χ4v) is 4.94. The molecule has 4 heterocycles. The minimum Gasteiger partial charge on any atom is -0.364 e. The van der Waals surface area contributed by atoms with Gasteiger partial charge in [-0.05, 0) is 31.2 Å². The van der Waals surface area contributed by atoms with Crippen LogP contribution in [0.2, 0.25) is 25.7 Å². The smallest absolute Gasteiger partial charge is 0.255 e. The molecule has 1 unspecified atom stereocenters. The summed E-state index contributed by atoms with van der Waals surface area (Å²) in [5.74, 6) is -0.675. The van der Waals surface area contributed by atoms with Crippen molar-refractivity contribution in [2.45, 2.75) is 45.4 Å². The minimum absolute atomic E-state index is 0.243. The first-order valence-electron chi connectivity index (χ1n) is 12.4. The van der Waals surface area contributed by atoms with Crippen LogP contribution in [-0.2, 0) is 18.5 Å². The lowest BCUT2D eigenvalue weighted by molar-refractivity contribution is 0.0890. The number of carbonyl (C=O) groups excluding carboxylic acids is 1. The molecule has 10 nitrogen and oxygen atoms in total. The fraction of sp³-hybridized carbons (Fsp3) is 0.346. The van der Waals surface area contributed by atoms with Crippen molar-refractivity contribution >= 4 is 36.0 Å². The highest BCUT2D eigenvalue weighted by Gasteiger charge is 2.23. The van der Waals surface area contributed by atoms with Gasteiger partial charge in [-0.3, -0.25) is 9.48 Å². The van der Waals surface area contributed by atoms with Crippen molar-refractivity contribution in [1.82, 2.24) is 34.8 Å². The molecule has 4 aromatic heterocycles. The standard InChI is InChI=1S/C26H30FN7O3Si/c1-16(20-8-9-37-32-20)29-26(35)19-14-34(15-36-10-11-38(3,4)5)25-24(19)30-21(13-28-25)23-18-7-6-17(27)12-22(18)33(2)31-23/h6-9,12-14,16H,10-11,15H2,1-5H3,(H,29,35). The molecule has 5 rings (SSSR count). The molecule has 0 bridgehead atoms. The topological polar surface area (TPSA) is 113 Å². The van der Waals surface area contributed by atoms with Crippen molar-refractivity contribution < 1.29 is 18.4 Å². The summed E-state index contributed by atoms with van der Waals surface area (Å²) in [5, 5.41) is 12.2. The zero-order valence-corrected chi connectivity index (χ0v) is 23.0. The van der Waals surface area contributed by atoms with Crippen LogP contribution in [-0.4, -0.2) is 50.1 Å². The number of hydrogen-bond donors (Lipinski definition) is 1. The Labute approximate surface area is 219 Å². The summed E-state index contributed by atoms with van der Waals surface area (Å²) >= 11 is 0. The molecule has 1 N–H and O–H groups in total. The molecule has 198 valence electrons. The van der Waals surface area contributed by atoms with Crippen LogP contribution in [0.3, 0.4) is 0 Å². The maximum atomic E-state index is 13.8. The fourth-order valence-electron chi connectivity index (χ4n) is 4.18. The van der Waals surface area contributed by atoms with E-state index in [0.717, 1.165) is 11.4 Å². The highest BCUT2D eigenvalue weighted by molar-refractivity contribution is 6.76. The highest BCUT2D eigenvalue weighted by Crippen LogP contribution is 2.29. The molecule has 0 aliphatic carbocycles. The number of rotatable bonds is 9. The Balaban J connectivity index is 1.53. The molecular weight excluding hydrogens is 505 g/mol. The van der Waals surface area contributed by atoms with Gasteiger partial charge in [-0.1, -0.05) is 24.8 Å². The summed E-state index contributed by atoms with van der Waals surface area (Å²) in [4.78, 5) is 22.9. The zero-order valence-electron chi connectivity index (χ0n) is 22.0. The summed E-state index contributed by atoms with van der Waals surface area (Å²) < 4.78 is 28.1. The Kier molecular flexibility index (Phi) is 6.84. The summed E-state index contributed by atoms with van der Waals surface area (Å²) in [6.07, 6.45) is 4.79. The summed E-state index contributed by atoms with van der Waals surface area (Å²) in [5.41, 5.74) is 3.56. The van der Waals surface area contributed by atoms with E-state index in [4.69, 9.17) is 14.2 Å². The van der Waals surface area contributed by atoms with E-state index in [1.807, 2.05) is 6.92 Å². The van der Waals surface area contributed by atoms with Crippen molar-refractivity contribution in [2.75, 3.05) is 6.61 Å². The molecule has 0 radical (unpaired) electrons. The Bertz CT molecular complexity index is 1600. The second kappa shape index (κ2) is 10.1. The van der Waals surface area contributed by atoms with E-state index in [2.05, 4.69) is 40.2 Å². The van der Waals surface area contributed by atoms with Gasteiger partial charge in [0.05, 0.1) is 23.3 Å². The lowest BCUT2D eigenvalue weighted by Gasteiger charge is -2.15. The van der Waals surface area contributed by atoms with Gasteiger partial charge >= 0.3 is 0 Å². The van der Waals surface area contributed by atoms with Gasteiger partial charge in [-0.15, -0.1) is 0 Å². The Hall–Kier alpha value is -3.90. The second-order valence-electron chi connectivity index (χ2n) is 10.5. The molecule has 12 heteroatoms. The first-order chi connectivity index (χ1) is 18.1. The molecule has 1 amide bonds. The Morgan fingerprint density at radius 3 is 2.82 bits per heavy atom. The van der Waals surface area contributed by atoms with Crippen LogP contribution in [0.5, 0.6) is 0 Å². The van der Waals surface area contributed by atoms with E-state index in [1.54, 1.807) is 40.8 Å². The number of hydrogen-bond acceptors (Lipinski definition) is 7. The lowest BCUT2D eigenvalue weighted by Crippen LogP contribution is -2.26. The molecule has 1 aromatic carbocycles. The third-order valence-corrected chi connectivity index (χ3v) is 8.05. The Morgan fingerprint density at radius 2 is 2.08 bits per heavy atom. The molecule has 5 aromatic rings. The summed E-state index contributed by atoms with van der Waals surface area (Å²) in [7, 11) is 0.498. The van der Waals surface area contributed by atoms with Crippen molar-refractivity contribution in [2.24, 2.45) is 7.05 Å². The molecule has 0 saturated heterocycles. The first kappa shape index (κ1) is 25.7. The Morgan fingerprint density at radius 1 is 1.26 bits per heavy atom. The maximum Gasteiger partial charge on any atom is 0.255 e. The van der Waals surface area contributed by atoms with Gasteiger partial charge in [-0.25, -0.2) is 14.4 Å². The predicted octanol–water partition coefficient (Wildman–Crippen LogP) is 4.92. The number of aryl methyl sites for hydroxylation is 1. The average molecular weight is 536 g/mol. The van der Waals surface area contributed by atoms with Crippen molar-refractivity contribution in [1.29, 1.82) is 0 Å². The van der Waals surface area contributed by atoms with Crippen LogP contribution < -0.4 is 5.32 Å². The van der Waals surface area contributed by atoms with Gasteiger partial charge in [0.15, 0.2) is 5.65 Å². The summed E-state index contributed by atoms with van der Waals surface area (Å²) in [6.45, 7) is 9.58. The van der Waals surface area contributed by atoms with Gasteiger partial charge < -0.3 is 19.1 Å². The van der Waals surface area contributed by atoms with E-state index in [-0.39, 0.29) is 24.5 Å². The zero-order chi connectivity index (χ0) is 27.0. The number of halogens is 1. The molecule has 1 atom stereocenters. The van der Waals surface area contributed by atoms with Crippen molar-refractivity contribution in [3.63, 3.8) is 0 Å². The third-order valence-electron chi connectivity index (χ3n) is 6.34. The quantitative estimate of drug-likeness (QED) is 0.211. The van der Waals surface area contributed by atoms with Gasteiger partial charge in [0, 0.05) is 39.4 Å². The van der Waals surface area contributed by atoms with E-state index >= 15 is 0 Å². The molecule has 38 heavy (non-hydrogen) atoms. The number of ether oxygens (including phenoxy) is 1. The van der Waals surface area contributed by atoms with Crippen molar-refractivity contribution in [3.8, 4) is 11.4 Å². The molecule has 0 saturated carbocycles. The van der Waals surface area contributed by atoms with Crippen LogP contribution in [0.15, 0.2) is 47.4 Å². The molecular formula is C26H30FN7O3Si. The largest absolute Gasteiger partial charge is 0.364 e. The van der Waals surface area contributed by atoms with Crippen LogP contribution >= 0.6 is 0 Å². The number of nitrogens with zero attached hydrogens (tertiary/aromatic N) is 6. The van der Waals surface area contributed by atoms with E-state index in [9.17, 15) is 9.18 Å². The lowest BCUT2D eigenvalue weighted by atomic mass is 10.1. The first-order valence-corrected chi connectivity index (χ1v) is 16.1. The van der Waals surface area contributed by atoms with E-state index < -0.39 is 8.07 Å². The second-order valence-corrected chi connectivity index (χ2v) is 16.2. The van der Waals surface area contributed by atoms with E-state index in [1.165, 1.54) is 18.4 Å². The average Bonchev–Trinajstić information content (AvgIpc) is 3.59. The van der Waals surface area contributed by atoms with Gasteiger partial charge in [0.25, 0.3) is 5.91 Å². The maximum absolute atomic E-state index is 13.8. The molecule has 0 fully saturated rings. The van der Waals surface area contributed by atoms with Crippen LogP contribution in [0.4, 0.5) is 4.39 Å². The SMILES string of the molecule is CC(NC(=O)c1cn(COCC[Si](C)(C)C)c2ncc(-c3nn(C)c4cc(F)ccc34)nc12)c1ccon1. The van der Waals surface area contributed by atoms with Crippen molar-refractivity contribution in [3.05, 3.63) is 60.0 Å². The number of fused-ring (bicyclic) bond motifs is 2. The normalized spacial score (nSPS) is 12.9. The van der Waals surface area contributed by atoms with E-state index in [0.29, 0.717) is 45.9 Å². The van der Waals surface area contributed by atoms with Crippen LogP contribution in [0, 0.1) is 5.82 Å². The molecule has 0 spiro atoms. The molecule has 0 aliphatic rings. The predicted molar refractivity (Wildman–Crippen MR) is 144 cm³/mol. The third kappa shape index (κ3) is 5.22. The number of carbonyl (C=O) groups is 1. The minimum atomic E-state index is -1.25. The summed E-state index contributed by atoms with van der Waals surface area (Å²) in [6, 6.07) is 6.84. The number of benzene rings is 1. The van der Waals surface area contributed by atoms with Crippen LogP contribution in [0.25, 0.3) is 33.5 Å².